The molecule has 1 aromatic carbocycles. The van der Waals surface area contributed by atoms with Crippen LogP contribution in [-0.2, 0) is 0 Å². The van der Waals surface area contributed by atoms with Crippen LogP contribution >= 0.6 is 0 Å². The number of allylic oxidation sites excluding steroid dienone is 1. The Kier molecular flexibility index (Phi) is 7.01. The topological polar surface area (TPSA) is 9.23 Å². The number of hydrogen-bond acceptors (Lipinski definition) is 1. The maximum atomic E-state index is 13.3. The Bertz CT molecular complexity index is 707. The summed E-state index contributed by atoms with van der Waals surface area (Å²) in [5.41, 5.74) is 1.02. The minimum atomic E-state index is -4.68. The third-order valence-corrected chi connectivity index (χ3v) is 6.61. The lowest BCUT2D eigenvalue weighted by Gasteiger charge is -2.37. The lowest BCUT2D eigenvalue weighted by molar-refractivity contribution is -0.159. The van der Waals surface area contributed by atoms with E-state index in [4.69, 9.17) is 0 Å². The van der Waals surface area contributed by atoms with E-state index in [9.17, 15) is 22.0 Å². The third-order valence-electron chi connectivity index (χ3n) is 6.61. The summed E-state index contributed by atoms with van der Waals surface area (Å²) >= 11 is 0. The Balaban J connectivity index is 1.53. The van der Waals surface area contributed by atoms with Gasteiger partial charge in [0.1, 0.15) is 5.75 Å². The second-order valence-electron chi connectivity index (χ2n) is 8.28. The third kappa shape index (κ3) is 5.40. The zero-order valence-corrected chi connectivity index (χ0v) is 16.4. The van der Waals surface area contributed by atoms with E-state index in [2.05, 4.69) is 17.4 Å². The molecule has 2 fully saturated rings. The lowest BCUT2D eigenvalue weighted by atomic mass is 9.68. The summed E-state index contributed by atoms with van der Waals surface area (Å²) in [6, 6.07) is 5.91. The van der Waals surface area contributed by atoms with Crippen molar-refractivity contribution >= 4 is 0 Å². The van der Waals surface area contributed by atoms with Crippen molar-refractivity contribution in [2.45, 2.75) is 63.4 Å². The minimum absolute atomic E-state index is 0.345. The van der Waals surface area contributed by atoms with E-state index >= 15 is 0 Å². The lowest BCUT2D eigenvalue weighted by Crippen LogP contribution is -2.26. The SMILES string of the molecule is C=CC1CCC(C2CCC(c3ccc(OC(F)(F)C(F)=C(F)F)cc3)CC2)CC1. The highest BCUT2D eigenvalue weighted by Crippen LogP contribution is 2.44. The molecule has 2 aliphatic carbocycles. The van der Waals surface area contributed by atoms with Crippen LogP contribution in [0, 0.1) is 17.8 Å². The minimum Gasteiger partial charge on any atom is -0.427 e. The first kappa shape index (κ1) is 21.8. The number of ether oxygens (including phenoxy) is 1. The molecule has 0 spiro atoms. The molecule has 0 unspecified atom stereocenters. The van der Waals surface area contributed by atoms with Crippen molar-refractivity contribution in [1.82, 2.24) is 0 Å². The van der Waals surface area contributed by atoms with Crippen molar-refractivity contribution in [2.24, 2.45) is 17.8 Å². The molecule has 0 radical (unpaired) electrons. The van der Waals surface area contributed by atoms with Gasteiger partial charge in [0, 0.05) is 0 Å². The highest BCUT2D eigenvalue weighted by atomic mass is 19.3. The number of alkyl halides is 2. The fraction of sp³-hybridized carbons (Fsp3) is 0.565. The number of halogens is 5. The molecule has 3 rings (SSSR count). The highest BCUT2D eigenvalue weighted by Gasteiger charge is 2.42. The fourth-order valence-corrected chi connectivity index (χ4v) is 4.89. The summed E-state index contributed by atoms with van der Waals surface area (Å²) in [6.07, 6.45) is 3.77. The number of rotatable bonds is 6. The standard InChI is InChI=1S/C23H27F5O/c1-2-15-3-5-16(6-4-15)17-7-9-18(10-8-17)19-11-13-20(14-12-19)29-23(27,28)21(24)22(25)26/h2,11-18H,1,3-10H2. The molecule has 160 valence electrons. The molecule has 0 heterocycles. The predicted molar refractivity (Wildman–Crippen MR) is 103 cm³/mol. The Labute approximate surface area is 168 Å². The van der Waals surface area contributed by atoms with Gasteiger partial charge in [-0.25, -0.2) is 0 Å². The first-order valence-corrected chi connectivity index (χ1v) is 10.3. The van der Waals surface area contributed by atoms with Gasteiger partial charge in [0.15, 0.2) is 0 Å². The molecule has 0 saturated heterocycles. The summed E-state index contributed by atoms with van der Waals surface area (Å²) in [7, 11) is 0. The van der Waals surface area contributed by atoms with Crippen LogP contribution < -0.4 is 4.74 Å². The van der Waals surface area contributed by atoms with Crippen LogP contribution in [0.3, 0.4) is 0 Å². The smallest absolute Gasteiger partial charge is 0.427 e. The van der Waals surface area contributed by atoms with Crippen LogP contribution in [0.25, 0.3) is 0 Å². The van der Waals surface area contributed by atoms with Crippen LogP contribution in [0.1, 0.15) is 62.8 Å². The van der Waals surface area contributed by atoms with Gasteiger partial charge in [0.05, 0.1) is 0 Å². The highest BCUT2D eigenvalue weighted by molar-refractivity contribution is 5.30. The fourth-order valence-electron chi connectivity index (χ4n) is 4.89. The van der Waals surface area contributed by atoms with Gasteiger partial charge in [-0.1, -0.05) is 18.2 Å². The Morgan fingerprint density at radius 1 is 0.862 bits per heavy atom. The first-order chi connectivity index (χ1) is 13.8. The molecule has 0 aliphatic heterocycles. The Hall–Kier alpha value is -1.85. The molecule has 1 nitrogen and oxygen atoms in total. The monoisotopic (exact) mass is 414 g/mol. The van der Waals surface area contributed by atoms with Gasteiger partial charge >= 0.3 is 12.2 Å². The van der Waals surface area contributed by atoms with Gasteiger partial charge in [0.25, 0.3) is 5.83 Å². The van der Waals surface area contributed by atoms with E-state index in [-0.39, 0.29) is 5.75 Å². The van der Waals surface area contributed by atoms with Gasteiger partial charge in [0.2, 0.25) is 0 Å². The summed E-state index contributed by atoms with van der Waals surface area (Å²) in [6.45, 7) is 3.90. The zero-order chi connectivity index (χ0) is 21.0. The van der Waals surface area contributed by atoms with E-state index in [1.165, 1.54) is 37.8 Å². The van der Waals surface area contributed by atoms with E-state index in [1.807, 2.05) is 0 Å². The second kappa shape index (κ2) is 9.31. The van der Waals surface area contributed by atoms with E-state index in [0.29, 0.717) is 11.8 Å². The molecule has 2 saturated carbocycles. The second-order valence-corrected chi connectivity index (χ2v) is 8.28. The molecule has 1 aromatic rings. The van der Waals surface area contributed by atoms with Crippen LogP contribution in [0.4, 0.5) is 22.0 Å². The molecular formula is C23H27F5O. The molecule has 0 N–H and O–H groups in total. The van der Waals surface area contributed by atoms with Crippen LogP contribution in [0.2, 0.25) is 0 Å². The first-order valence-electron chi connectivity index (χ1n) is 10.3. The van der Waals surface area contributed by atoms with Crippen LogP contribution in [0.15, 0.2) is 48.8 Å². The number of benzene rings is 1. The molecule has 2 aliphatic rings. The van der Waals surface area contributed by atoms with Crippen molar-refractivity contribution in [2.75, 3.05) is 0 Å². The predicted octanol–water partition coefficient (Wildman–Crippen LogP) is 8.00. The van der Waals surface area contributed by atoms with Crippen molar-refractivity contribution < 1.29 is 26.7 Å². The van der Waals surface area contributed by atoms with Gasteiger partial charge in [-0.3, -0.25) is 0 Å². The van der Waals surface area contributed by atoms with Crippen LogP contribution in [0.5, 0.6) is 5.75 Å². The van der Waals surface area contributed by atoms with Crippen molar-refractivity contribution in [3.05, 3.63) is 54.4 Å². The Morgan fingerprint density at radius 3 is 1.86 bits per heavy atom. The van der Waals surface area contributed by atoms with Gasteiger partial charge in [-0.05, 0) is 92.7 Å². The average molecular weight is 414 g/mol. The number of hydrogen-bond donors (Lipinski definition) is 0. The normalized spacial score (nSPS) is 27.9. The maximum Gasteiger partial charge on any atom is 0.459 e. The molecule has 6 heteroatoms. The molecule has 0 amide bonds. The van der Waals surface area contributed by atoms with Gasteiger partial charge in [-0.15, -0.1) is 6.58 Å². The van der Waals surface area contributed by atoms with Gasteiger partial charge in [-0.2, -0.15) is 22.0 Å². The largest absolute Gasteiger partial charge is 0.459 e. The van der Waals surface area contributed by atoms with Crippen LogP contribution in [-0.4, -0.2) is 6.11 Å². The summed E-state index contributed by atoms with van der Waals surface area (Å²) < 4.78 is 67.8. The van der Waals surface area contributed by atoms with E-state index < -0.39 is 18.0 Å². The summed E-state index contributed by atoms with van der Waals surface area (Å²) in [5.74, 6) is -0.635. The summed E-state index contributed by atoms with van der Waals surface area (Å²) in [5, 5.41) is 0. The molecule has 29 heavy (non-hydrogen) atoms. The summed E-state index contributed by atoms with van der Waals surface area (Å²) in [4.78, 5) is 0. The molecular weight excluding hydrogens is 387 g/mol. The van der Waals surface area contributed by atoms with Crippen molar-refractivity contribution in [1.29, 1.82) is 0 Å². The molecule has 0 atom stereocenters. The van der Waals surface area contributed by atoms with E-state index in [0.717, 1.165) is 43.1 Å². The van der Waals surface area contributed by atoms with Gasteiger partial charge < -0.3 is 4.74 Å². The van der Waals surface area contributed by atoms with E-state index in [1.54, 1.807) is 12.1 Å². The maximum absolute atomic E-state index is 13.3. The zero-order valence-electron chi connectivity index (χ0n) is 16.4. The van der Waals surface area contributed by atoms with Crippen molar-refractivity contribution in [3.8, 4) is 5.75 Å². The quantitative estimate of drug-likeness (QED) is 0.338. The average Bonchev–Trinajstić information content (AvgIpc) is 2.73. The van der Waals surface area contributed by atoms with Crippen molar-refractivity contribution in [3.63, 3.8) is 0 Å². The Morgan fingerprint density at radius 2 is 1.38 bits per heavy atom. The molecule has 0 aromatic heterocycles. The molecule has 0 bridgehead atoms.